The second-order valence-corrected chi connectivity index (χ2v) is 8.33. The lowest BCUT2D eigenvalue weighted by Gasteiger charge is -2.22. The summed E-state index contributed by atoms with van der Waals surface area (Å²) in [5, 5.41) is 2.81. The van der Waals surface area contributed by atoms with Crippen LogP contribution >= 0.6 is 0 Å². The van der Waals surface area contributed by atoms with Crippen molar-refractivity contribution >= 4 is 11.8 Å². The quantitative estimate of drug-likeness (QED) is 0.545. The monoisotopic (exact) mass is 440 g/mol. The van der Waals surface area contributed by atoms with Gasteiger partial charge in [-0.05, 0) is 55.4 Å². The minimum Gasteiger partial charge on any atom is -0.493 e. The first-order valence-corrected chi connectivity index (χ1v) is 11.1. The molecule has 1 atom stereocenters. The number of nitrogens with one attached hydrogen (secondary N) is 2. The molecule has 2 aromatic rings. The molecule has 0 saturated heterocycles. The van der Waals surface area contributed by atoms with E-state index >= 15 is 0 Å². The minimum absolute atomic E-state index is 0.133. The van der Waals surface area contributed by atoms with Crippen LogP contribution in [0.4, 0.5) is 0 Å². The Balaban J connectivity index is 1.62. The molecule has 2 amide bonds. The fourth-order valence-corrected chi connectivity index (χ4v) is 3.68. The summed E-state index contributed by atoms with van der Waals surface area (Å²) in [6, 6.07) is 13.8. The molecule has 1 saturated carbocycles. The Kier molecular flexibility index (Phi) is 8.50. The van der Waals surface area contributed by atoms with Gasteiger partial charge in [0.05, 0.1) is 19.8 Å². The summed E-state index contributed by atoms with van der Waals surface area (Å²) in [4.78, 5) is 30.9. The van der Waals surface area contributed by atoms with Crippen LogP contribution in [0.5, 0.6) is 11.5 Å². The summed E-state index contributed by atoms with van der Waals surface area (Å²) < 4.78 is 11.5. The molecule has 172 valence electrons. The average molecular weight is 441 g/mol. The van der Waals surface area contributed by atoms with E-state index in [0.29, 0.717) is 17.1 Å². The second-order valence-electron chi connectivity index (χ2n) is 8.33. The molecule has 1 aliphatic rings. The Morgan fingerprint density at radius 1 is 1.03 bits per heavy atom. The molecule has 7 nitrogen and oxygen atoms in total. The van der Waals surface area contributed by atoms with Gasteiger partial charge in [0.25, 0.3) is 11.8 Å². The van der Waals surface area contributed by atoms with Crippen molar-refractivity contribution in [1.82, 2.24) is 10.8 Å². The summed E-state index contributed by atoms with van der Waals surface area (Å²) in [6.45, 7) is 3.97. The highest BCUT2D eigenvalue weighted by Crippen LogP contribution is 2.32. The number of ether oxygens (including phenoxy) is 2. The van der Waals surface area contributed by atoms with E-state index in [-0.39, 0.29) is 24.5 Å². The van der Waals surface area contributed by atoms with Crippen molar-refractivity contribution in [3.63, 3.8) is 0 Å². The molecular formula is C25H32N2O5. The van der Waals surface area contributed by atoms with Crippen molar-refractivity contribution < 1.29 is 23.9 Å². The molecule has 0 aromatic heterocycles. The highest BCUT2D eigenvalue weighted by molar-refractivity contribution is 5.98. The second kappa shape index (κ2) is 11.5. The highest BCUT2D eigenvalue weighted by atomic mass is 16.6. The van der Waals surface area contributed by atoms with Crippen molar-refractivity contribution in [2.45, 2.75) is 58.3 Å². The smallest absolute Gasteiger partial charge is 0.266 e. The number of rotatable bonds is 10. The van der Waals surface area contributed by atoms with Gasteiger partial charge in [-0.25, -0.2) is 5.48 Å². The topological polar surface area (TPSA) is 85.9 Å². The third-order valence-electron chi connectivity index (χ3n) is 5.51. The van der Waals surface area contributed by atoms with Crippen molar-refractivity contribution in [1.29, 1.82) is 0 Å². The molecule has 0 heterocycles. The molecule has 0 radical (unpaired) electrons. The SMILES string of the molecule is COc1ccc(C(=O)N[C@H](C(=O)NOCc2ccccc2)C(C)C)cc1OC1CCCC1. The molecule has 2 aromatic carbocycles. The number of hydrogen-bond acceptors (Lipinski definition) is 5. The Morgan fingerprint density at radius 3 is 2.41 bits per heavy atom. The van der Waals surface area contributed by atoms with Crippen molar-refractivity contribution in [3.05, 3.63) is 59.7 Å². The molecule has 1 aliphatic carbocycles. The van der Waals surface area contributed by atoms with E-state index in [1.54, 1.807) is 25.3 Å². The van der Waals surface area contributed by atoms with E-state index in [1.807, 2.05) is 44.2 Å². The van der Waals surface area contributed by atoms with E-state index in [0.717, 1.165) is 31.2 Å². The summed E-state index contributed by atoms with van der Waals surface area (Å²) in [5.74, 6) is 0.234. The van der Waals surface area contributed by atoms with Gasteiger partial charge in [-0.15, -0.1) is 0 Å². The van der Waals surface area contributed by atoms with E-state index in [2.05, 4.69) is 10.8 Å². The maximum atomic E-state index is 12.9. The van der Waals surface area contributed by atoms with Gasteiger partial charge in [0.2, 0.25) is 0 Å². The maximum absolute atomic E-state index is 12.9. The van der Waals surface area contributed by atoms with E-state index in [4.69, 9.17) is 14.3 Å². The highest BCUT2D eigenvalue weighted by Gasteiger charge is 2.26. The lowest BCUT2D eigenvalue weighted by atomic mass is 10.0. The lowest BCUT2D eigenvalue weighted by Crippen LogP contribution is -2.49. The third kappa shape index (κ3) is 6.47. The average Bonchev–Trinajstić information content (AvgIpc) is 3.30. The van der Waals surface area contributed by atoms with Crippen LogP contribution in [0.2, 0.25) is 0 Å². The molecule has 1 fully saturated rings. The largest absolute Gasteiger partial charge is 0.493 e. The van der Waals surface area contributed by atoms with Gasteiger partial charge in [0.15, 0.2) is 11.5 Å². The van der Waals surface area contributed by atoms with Crippen molar-refractivity contribution in [2.24, 2.45) is 5.92 Å². The van der Waals surface area contributed by atoms with E-state index < -0.39 is 11.9 Å². The fourth-order valence-electron chi connectivity index (χ4n) is 3.68. The summed E-state index contributed by atoms with van der Waals surface area (Å²) >= 11 is 0. The minimum atomic E-state index is -0.750. The summed E-state index contributed by atoms with van der Waals surface area (Å²) in [5.41, 5.74) is 3.79. The van der Waals surface area contributed by atoms with Crippen LogP contribution in [0.25, 0.3) is 0 Å². The zero-order valence-electron chi connectivity index (χ0n) is 18.9. The Hall–Kier alpha value is -3.06. The van der Waals surface area contributed by atoms with Gasteiger partial charge in [-0.1, -0.05) is 44.2 Å². The van der Waals surface area contributed by atoms with Crippen LogP contribution in [0, 0.1) is 5.92 Å². The maximum Gasteiger partial charge on any atom is 0.266 e. The molecular weight excluding hydrogens is 408 g/mol. The van der Waals surface area contributed by atoms with Gasteiger partial charge in [0.1, 0.15) is 6.04 Å². The number of methoxy groups -OCH3 is 1. The number of carbonyl (C=O) groups excluding carboxylic acids is 2. The number of carbonyl (C=O) groups is 2. The van der Waals surface area contributed by atoms with Gasteiger partial charge < -0.3 is 14.8 Å². The first-order chi connectivity index (χ1) is 15.5. The number of hydroxylamine groups is 1. The number of hydrogen-bond donors (Lipinski definition) is 2. The summed E-state index contributed by atoms with van der Waals surface area (Å²) in [7, 11) is 1.57. The molecule has 2 N–H and O–H groups in total. The van der Waals surface area contributed by atoms with Crippen molar-refractivity contribution in [2.75, 3.05) is 7.11 Å². The summed E-state index contributed by atoms with van der Waals surface area (Å²) in [6.07, 6.45) is 4.42. The molecule has 3 rings (SSSR count). The Bertz CT molecular complexity index is 894. The first-order valence-electron chi connectivity index (χ1n) is 11.1. The van der Waals surface area contributed by atoms with Crippen LogP contribution < -0.4 is 20.3 Å². The zero-order valence-corrected chi connectivity index (χ0v) is 18.9. The van der Waals surface area contributed by atoms with E-state index in [1.165, 1.54) is 0 Å². The lowest BCUT2D eigenvalue weighted by molar-refractivity contribution is -0.137. The van der Waals surface area contributed by atoms with Gasteiger partial charge in [0, 0.05) is 5.56 Å². The van der Waals surface area contributed by atoms with Gasteiger partial charge in [-0.3, -0.25) is 14.4 Å². The molecule has 7 heteroatoms. The number of benzene rings is 2. The van der Waals surface area contributed by atoms with Crippen LogP contribution in [0.3, 0.4) is 0 Å². The van der Waals surface area contributed by atoms with Crippen LogP contribution in [-0.4, -0.2) is 31.1 Å². The zero-order chi connectivity index (χ0) is 22.9. The molecule has 0 unspecified atom stereocenters. The van der Waals surface area contributed by atoms with E-state index in [9.17, 15) is 9.59 Å². The Labute approximate surface area is 189 Å². The fraction of sp³-hybridized carbons (Fsp3) is 0.440. The molecule has 0 spiro atoms. The van der Waals surface area contributed by atoms with Gasteiger partial charge in [-0.2, -0.15) is 0 Å². The molecule has 0 bridgehead atoms. The normalized spacial score (nSPS) is 14.8. The predicted octanol–water partition coefficient (Wildman–Crippen LogP) is 4.02. The first kappa shape index (κ1) is 23.6. The molecule has 0 aliphatic heterocycles. The van der Waals surface area contributed by atoms with Crippen LogP contribution in [-0.2, 0) is 16.2 Å². The predicted molar refractivity (Wildman–Crippen MR) is 121 cm³/mol. The standard InChI is InChI=1S/C25H32N2O5/c1-17(2)23(25(29)27-31-16-18-9-5-4-6-10-18)26-24(28)19-13-14-21(30-3)22(15-19)32-20-11-7-8-12-20/h4-6,9-10,13-15,17,20,23H,7-8,11-12,16H2,1-3H3,(H,26,28)(H,27,29)/t23-/m0/s1. The van der Waals surface area contributed by atoms with Gasteiger partial charge >= 0.3 is 0 Å². The third-order valence-corrected chi connectivity index (χ3v) is 5.51. The van der Waals surface area contributed by atoms with Crippen molar-refractivity contribution in [3.8, 4) is 11.5 Å². The number of amides is 2. The molecule has 32 heavy (non-hydrogen) atoms. The van der Waals surface area contributed by atoms with Crippen LogP contribution in [0.1, 0.15) is 55.5 Å². The Morgan fingerprint density at radius 2 is 1.75 bits per heavy atom. The van der Waals surface area contributed by atoms with Crippen LogP contribution in [0.15, 0.2) is 48.5 Å².